The van der Waals surface area contributed by atoms with Crippen molar-refractivity contribution in [3.05, 3.63) is 0 Å². The van der Waals surface area contributed by atoms with Gasteiger partial charge in [0.05, 0.1) is 13.1 Å². The smallest absolute Gasteiger partial charge is 0.251 e. The van der Waals surface area contributed by atoms with Crippen LogP contribution in [0.15, 0.2) is 0 Å². The van der Waals surface area contributed by atoms with E-state index in [9.17, 15) is 30.7 Å². The van der Waals surface area contributed by atoms with Gasteiger partial charge in [0.2, 0.25) is 6.17 Å². The van der Waals surface area contributed by atoms with E-state index in [1.54, 1.807) is 0 Å². The SMILES string of the molecule is CC(CCCF)C(F)(F)CC(F)C(F)(F)F. The summed E-state index contributed by atoms with van der Waals surface area (Å²) in [4.78, 5) is 0. The Morgan fingerprint density at radius 3 is 1.94 bits per heavy atom. The minimum atomic E-state index is -5.27. The van der Waals surface area contributed by atoms with Crippen molar-refractivity contribution in [2.45, 2.75) is 44.5 Å². The zero-order chi connectivity index (χ0) is 13.0. The Morgan fingerprint density at radius 1 is 1.06 bits per heavy atom. The van der Waals surface area contributed by atoms with Crippen molar-refractivity contribution >= 4 is 0 Å². The van der Waals surface area contributed by atoms with Crippen LogP contribution in [0, 0.1) is 5.92 Å². The summed E-state index contributed by atoms with van der Waals surface area (Å²) < 4.78 is 85.4. The molecular weight excluding hydrogens is 241 g/mol. The first-order chi connectivity index (χ1) is 7.11. The highest BCUT2D eigenvalue weighted by Gasteiger charge is 2.48. The third kappa shape index (κ3) is 5.03. The molecule has 0 heterocycles. The van der Waals surface area contributed by atoms with Gasteiger partial charge in [-0.25, -0.2) is 13.2 Å². The molecule has 0 nitrogen and oxygen atoms in total. The van der Waals surface area contributed by atoms with E-state index in [-0.39, 0.29) is 12.8 Å². The molecular formula is C9H13F7. The maximum absolute atomic E-state index is 13.1. The fourth-order valence-corrected chi connectivity index (χ4v) is 1.15. The molecule has 0 bridgehead atoms. The van der Waals surface area contributed by atoms with Crippen LogP contribution in [0.3, 0.4) is 0 Å². The van der Waals surface area contributed by atoms with Crippen molar-refractivity contribution < 1.29 is 30.7 Å². The van der Waals surface area contributed by atoms with Crippen molar-refractivity contribution in [1.82, 2.24) is 0 Å². The van der Waals surface area contributed by atoms with Crippen molar-refractivity contribution in [2.24, 2.45) is 5.92 Å². The molecule has 2 unspecified atom stereocenters. The van der Waals surface area contributed by atoms with Gasteiger partial charge < -0.3 is 0 Å². The molecule has 0 saturated carbocycles. The number of rotatable bonds is 6. The van der Waals surface area contributed by atoms with E-state index in [0.717, 1.165) is 6.92 Å². The molecule has 0 saturated heterocycles. The number of hydrogen-bond donors (Lipinski definition) is 0. The quantitative estimate of drug-likeness (QED) is 0.620. The van der Waals surface area contributed by atoms with Gasteiger partial charge in [0, 0.05) is 5.92 Å². The molecule has 98 valence electrons. The molecule has 0 amide bonds. The van der Waals surface area contributed by atoms with Gasteiger partial charge in [-0.3, -0.25) is 4.39 Å². The predicted molar refractivity (Wildman–Crippen MR) is 44.9 cm³/mol. The molecule has 0 aromatic rings. The largest absolute Gasteiger partial charge is 0.419 e. The molecule has 7 heteroatoms. The standard InChI is InChI=1S/C9H13F7/c1-6(3-2-4-10)8(12,13)5-7(11)9(14,15)16/h6-7H,2-5H2,1H3. The highest BCUT2D eigenvalue weighted by Crippen LogP contribution is 2.37. The van der Waals surface area contributed by atoms with Crippen LogP contribution in [0.4, 0.5) is 30.7 Å². The lowest BCUT2D eigenvalue weighted by molar-refractivity contribution is -0.204. The fraction of sp³-hybridized carbons (Fsp3) is 1.00. The highest BCUT2D eigenvalue weighted by molar-refractivity contribution is 4.80. The van der Waals surface area contributed by atoms with Crippen LogP contribution >= 0.6 is 0 Å². The maximum Gasteiger partial charge on any atom is 0.419 e. The number of hydrogen-bond acceptors (Lipinski definition) is 0. The van der Waals surface area contributed by atoms with Crippen molar-refractivity contribution in [1.29, 1.82) is 0 Å². The Hall–Kier alpha value is -0.490. The molecule has 0 N–H and O–H groups in total. The Balaban J connectivity index is 4.32. The van der Waals surface area contributed by atoms with Gasteiger partial charge in [-0.05, 0) is 12.8 Å². The second-order valence-electron chi connectivity index (χ2n) is 3.71. The molecule has 0 rings (SSSR count). The van der Waals surface area contributed by atoms with E-state index in [0.29, 0.717) is 0 Å². The lowest BCUT2D eigenvalue weighted by Gasteiger charge is -2.25. The van der Waals surface area contributed by atoms with Crippen LogP contribution in [0.5, 0.6) is 0 Å². The van der Waals surface area contributed by atoms with E-state index in [1.807, 2.05) is 0 Å². The molecule has 0 radical (unpaired) electrons. The fourth-order valence-electron chi connectivity index (χ4n) is 1.15. The highest BCUT2D eigenvalue weighted by atomic mass is 19.4. The van der Waals surface area contributed by atoms with Crippen molar-refractivity contribution in [3.8, 4) is 0 Å². The summed E-state index contributed by atoms with van der Waals surface area (Å²) in [5.74, 6) is -5.24. The van der Waals surface area contributed by atoms with Crippen LogP contribution in [-0.4, -0.2) is 24.9 Å². The zero-order valence-electron chi connectivity index (χ0n) is 8.63. The molecule has 0 aromatic heterocycles. The van der Waals surface area contributed by atoms with E-state index in [4.69, 9.17) is 0 Å². The summed E-state index contributed by atoms with van der Waals surface area (Å²) in [7, 11) is 0. The summed E-state index contributed by atoms with van der Waals surface area (Å²) in [6.07, 6.45) is -11.2. The van der Waals surface area contributed by atoms with Gasteiger partial charge >= 0.3 is 6.18 Å². The number of alkyl halides is 7. The summed E-state index contributed by atoms with van der Waals surface area (Å²) in [5.41, 5.74) is 0. The Morgan fingerprint density at radius 2 is 1.56 bits per heavy atom. The van der Waals surface area contributed by atoms with Gasteiger partial charge in [-0.2, -0.15) is 13.2 Å². The minimum absolute atomic E-state index is 0.167. The first-order valence-corrected chi connectivity index (χ1v) is 4.76. The van der Waals surface area contributed by atoms with E-state index >= 15 is 0 Å². The van der Waals surface area contributed by atoms with Crippen LogP contribution in [0.1, 0.15) is 26.2 Å². The first-order valence-electron chi connectivity index (χ1n) is 4.76. The third-order valence-corrected chi connectivity index (χ3v) is 2.30. The molecule has 2 atom stereocenters. The Kier molecular flexibility index (Phi) is 5.55. The normalized spacial score (nSPS) is 17.2. The van der Waals surface area contributed by atoms with Crippen LogP contribution in [-0.2, 0) is 0 Å². The van der Waals surface area contributed by atoms with Gasteiger partial charge in [0.1, 0.15) is 0 Å². The average molecular weight is 254 g/mol. The monoisotopic (exact) mass is 254 g/mol. The topological polar surface area (TPSA) is 0 Å². The lowest BCUT2D eigenvalue weighted by atomic mass is 9.94. The summed E-state index contributed by atoms with van der Waals surface area (Å²) in [6.45, 7) is 0.164. The molecule has 0 aliphatic rings. The Bertz CT molecular complexity index is 199. The summed E-state index contributed by atoms with van der Waals surface area (Å²) >= 11 is 0. The zero-order valence-corrected chi connectivity index (χ0v) is 8.63. The molecule has 0 aliphatic carbocycles. The minimum Gasteiger partial charge on any atom is -0.251 e. The van der Waals surface area contributed by atoms with Gasteiger partial charge in [-0.15, -0.1) is 0 Å². The number of halogens is 7. The molecule has 0 spiro atoms. The molecule has 0 fully saturated rings. The van der Waals surface area contributed by atoms with E-state index in [2.05, 4.69) is 0 Å². The van der Waals surface area contributed by atoms with Crippen LogP contribution in [0.2, 0.25) is 0 Å². The van der Waals surface area contributed by atoms with E-state index < -0.39 is 37.3 Å². The van der Waals surface area contributed by atoms with Crippen molar-refractivity contribution in [3.63, 3.8) is 0 Å². The van der Waals surface area contributed by atoms with Gasteiger partial charge in [0.15, 0.2) is 0 Å². The van der Waals surface area contributed by atoms with Crippen LogP contribution < -0.4 is 0 Å². The summed E-state index contributed by atoms with van der Waals surface area (Å²) in [6, 6.07) is 0. The second kappa shape index (κ2) is 5.72. The lowest BCUT2D eigenvalue weighted by Crippen LogP contribution is -2.36. The molecule has 0 aromatic carbocycles. The molecule has 0 aliphatic heterocycles. The maximum atomic E-state index is 13.1. The molecule has 16 heavy (non-hydrogen) atoms. The average Bonchev–Trinajstić information content (AvgIpc) is 2.11. The van der Waals surface area contributed by atoms with Crippen LogP contribution in [0.25, 0.3) is 0 Å². The van der Waals surface area contributed by atoms with E-state index in [1.165, 1.54) is 0 Å². The third-order valence-electron chi connectivity index (χ3n) is 2.30. The predicted octanol–water partition coefficient (Wildman–Crippen LogP) is 4.30. The van der Waals surface area contributed by atoms with Gasteiger partial charge in [-0.1, -0.05) is 6.92 Å². The first kappa shape index (κ1) is 15.5. The van der Waals surface area contributed by atoms with Crippen molar-refractivity contribution in [2.75, 3.05) is 6.67 Å². The van der Waals surface area contributed by atoms with Gasteiger partial charge in [0.25, 0.3) is 5.92 Å². The Labute approximate surface area is 88.8 Å². The second-order valence-corrected chi connectivity index (χ2v) is 3.71. The summed E-state index contributed by atoms with van der Waals surface area (Å²) in [5, 5.41) is 0.